The van der Waals surface area contributed by atoms with Crippen molar-refractivity contribution in [1.82, 2.24) is 0 Å². The lowest BCUT2D eigenvalue weighted by molar-refractivity contribution is -0.273. The third kappa shape index (κ3) is 9.15. The summed E-state index contributed by atoms with van der Waals surface area (Å²) in [6, 6.07) is 0. The summed E-state index contributed by atoms with van der Waals surface area (Å²) in [6.07, 6.45) is 9.07. The van der Waals surface area contributed by atoms with Crippen LogP contribution in [0.5, 0.6) is 0 Å². The van der Waals surface area contributed by atoms with Gasteiger partial charge in [0.25, 0.3) is 0 Å². The Morgan fingerprint density at radius 2 is 2.11 bits per heavy atom. The van der Waals surface area contributed by atoms with Crippen molar-refractivity contribution in [2.45, 2.75) is 70.7 Å². The lowest BCUT2D eigenvalue weighted by Gasteiger charge is -2.36. The molecule has 1 unspecified atom stereocenters. The molecule has 1 saturated heterocycles. The number of allylic oxidation sites excluding steroid dienone is 4. The van der Waals surface area contributed by atoms with Crippen LogP contribution in [0, 0.1) is 0 Å². The summed E-state index contributed by atoms with van der Waals surface area (Å²) in [5, 5.41) is 19.6. The zero-order valence-electron chi connectivity index (χ0n) is 16.4. The van der Waals surface area contributed by atoms with Crippen molar-refractivity contribution >= 4 is 5.97 Å². The Kier molecular flexibility index (Phi) is 10.9. The highest BCUT2D eigenvalue weighted by atomic mass is 16.7. The Balaban J connectivity index is 2.29. The zero-order chi connectivity index (χ0) is 20.2. The summed E-state index contributed by atoms with van der Waals surface area (Å²) in [6.45, 7) is 9.39. The monoisotopic (exact) mass is 380 g/mol. The molecule has 0 aliphatic carbocycles. The minimum absolute atomic E-state index is 0.163. The Hall–Kier alpha value is -1.73. The van der Waals surface area contributed by atoms with Crippen LogP contribution < -0.4 is 0 Å². The highest BCUT2D eigenvalue weighted by Gasteiger charge is 2.35. The van der Waals surface area contributed by atoms with E-state index in [2.05, 4.69) is 6.58 Å². The van der Waals surface area contributed by atoms with E-state index in [9.17, 15) is 15.0 Å². The number of aliphatic hydroxyl groups excluding tert-OH is 2. The topological polar surface area (TPSA) is 85.2 Å². The van der Waals surface area contributed by atoms with Gasteiger partial charge in [0.15, 0.2) is 6.29 Å². The van der Waals surface area contributed by atoms with Crippen molar-refractivity contribution in [3.8, 4) is 0 Å². The van der Waals surface area contributed by atoms with Crippen LogP contribution in [-0.2, 0) is 19.0 Å². The molecule has 0 amide bonds. The van der Waals surface area contributed by atoms with Crippen LogP contribution in [0.4, 0.5) is 0 Å². The van der Waals surface area contributed by atoms with E-state index in [-0.39, 0.29) is 25.2 Å². The summed E-state index contributed by atoms with van der Waals surface area (Å²) in [7, 11) is 0. The normalized spacial score (nSPS) is 27.8. The maximum absolute atomic E-state index is 11.7. The van der Waals surface area contributed by atoms with Gasteiger partial charge in [-0.05, 0) is 39.2 Å². The fourth-order valence-corrected chi connectivity index (χ4v) is 2.47. The molecule has 1 rings (SSSR count). The van der Waals surface area contributed by atoms with E-state index in [1.807, 2.05) is 32.1 Å². The minimum Gasteiger partial charge on any atom is -0.458 e. The number of rotatable bonds is 10. The average Bonchev–Trinajstić information content (AvgIpc) is 2.63. The molecule has 6 nitrogen and oxygen atoms in total. The quantitative estimate of drug-likeness (QED) is 0.344. The van der Waals surface area contributed by atoms with Crippen molar-refractivity contribution < 1.29 is 29.2 Å². The third-order valence-electron chi connectivity index (χ3n) is 4.19. The van der Waals surface area contributed by atoms with Crippen LogP contribution in [0.25, 0.3) is 0 Å². The molecular formula is C21H32O6. The van der Waals surface area contributed by atoms with Crippen molar-refractivity contribution in [3.05, 3.63) is 48.6 Å². The van der Waals surface area contributed by atoms with E-state index < -0.39 is 24.5 Å². The summed E-state index contributed by atoms with van der Waals surface area (Å²) in [5.74, 6) is -0.411. The Morgan fingerprint density at radius 1 is 1.37 bits per heavy atom. The van der Waals surface area contributed by atoms with Crippen LogP contribution in [0.1, 0.15) is 40.0 Å². The number of esters is 1. The molecule has 1 aliphatic heterocycles. The van der Waals surface area contributed by atoms with Gasteiger partial charge in [-0.25, -0.2) is 4.79 Å². The van der Waals surface area contributed by atoms with E-state index in [0.717, 1.165) is 5.57 Å². The molecule has 0 spiro atoms. The lowest BCUT2D eigenvalue weighted by atomic mass is 10.0. The Labute approximate surface area is 161 Å². The smallest absolute Gasteiger partial charge is 0.330 e. The first-order valence-electron chi connectivity index (χ1n) is 9.32. The maximum Gasteiger partial charge on any atom is 0.330 e. The van der Waals surface area contributed by atoms with E-state index in [1.165, 1.54) is 6.08 Å². The first-order chi connectivity index (χ1) is 12.9. The van der Waals surface area contributed by atoms with Crippen molar-refractivity contribution in [2.24, 2.45) is 0 Å². The first-order valence-corrected chi connectivity index (χ1v) is 9.32. The van der Waals surface area contributed by atoms with Gasteiger partial charge in [-0.3, -0.25) is 0 Å². The predicted octanol–water partition coefficient (Wildman–Crippen LogP) is 2.82. The van der Waals surface area contributed by atoms with Gasteiger partial charge in [0, 0.05) is 12.5 Å². The summed E-state index contributed by atoms with van der Waals surface area (Å²) in [5.41, 5.74) is 0.822. The van der Waals surface area contributed by atoms with Gasteiger partial charge in [0.05, 0.1) is 18.3 Å². The second-order valence-electron chi connectivity index (χ2n) is 6.59. The van der Waals surface area contributed by atoms with Crippen LogP contribution in [0.2, 0.25) is 0 Å². The van der Waals surface area contributed by atoms with E-state index in [0.29, 0.717) is 12.8 Å². The van der Waals surface area contributed by atoms with Gasteiger partial charge in [0.1, 0.15) is 12.7 Å². The molecule has 0 aromatic heterocycles. The molecule has 0 aromatic carbocycles. The summed E-state index contributed by atoms with van der Waals surface area (Å²) >= 11 is 0. The van der Waals surface area contributed by atoms with Crippen LogP contribution in [0.15, 0.2) is 48.6 Å². The van der Waals surface area contributed by atoms with Gasteiger partial charge in [-0.1, -0.05) is 37.0 Å². The number of ether oxygens (including phenoxy) is 3. The maximum atomic E-state index is 11.7. The lowest BCUT2D eigenvalue weighted by Crippen LogP contribution is -2.48. The molecule has 27 heavy (non-hydrogen) atoms. The fraction of sp³-hybridized carbons (Fsp3) is 0.571. The molecule has 5 atom stereocenters. The molecular weight excluding hydrogens is 348 g/mol. The van der Waals surface area contributed by atoms with Crippen LogP contribution >= 0.6 is 0 Å². The van der Waals surface area contributed by atoms with E-state index >= 15 is 0 Å². The van der Waals surface area contributed by atoms with Gasteiger partial charge >= 0.3 is 5.97 Å². The molecule has 0 bridgehead atoms. The van der Waals surface area contributed by atoms with E-state index in [4.69, 9.17) is 14.2 Å². The van der Waals surface area contributed by atoms with Gasteiger partial charge < -0.3 is 24.4 Å². The molecule has 0 aromatic rings. The molecule has 1 heterocycles. The van der Waals surface area contributed by atoms with Crippen LogP contribution in [-0.4, -0.2) is 53.5 Å². The third-order valence-corrected chi connectivity index (χ3v) is 4.19. The first kappa shape index (κ1) is 23.3. The van der Waals surface area contributed by atoms with Gasteiger partial charge in [0.2, 0.25) is 0 Å². The minimum atomic E-state index is -0.848. The second-order valence-corrected chi connectivity index (χ2v) is 6.59. The van der Waals surface area contributed by atoms with Gasteiger partial charge in [-0.15, -0.1) is 0 Å². The molecule has 1 fully saturated rings. The van der Waals surface area contributed by atoms with E-state index in [1.54, 1.807) is 19.1 Å². The average molecular weight is 380 g/mol. The molecule has 1 aliphatic rings. The highest BCUT2D eigenvalue weighted by Crippen LogP contribution is 2.22. The zero-order valence-corrected chi connectivity index (χ0v) is 16.4. The molecule has 0 radical (unpaired) electrons. The summed E-state index contributed by atoms with van der Waals surface area (Å²) in [4.78, 5) is 11.7. The number of carbonyl (C=O) groups excluding carboxylic acids is 1. The largest absolute Gasteiger partial charge is 0.458 e. The Morgan fingerprint density at radius 3 is 2.78 bits per heavy atom. The number of carbonyl (C=O) groups is 1. The standard InChI is InChI=1S/C21H32O6/c1-5-7-11-17(6-2)14-25-20(24)12-9-8-10-15(3)26-21-19(23)13-18(22)16(4)27-21/h5-7,9,11-12,15-16,18-19,21-23H,2,8,10,13-14H2,1,3-4H3/b7-5-,12-9+,17-11+/t15-,16+,18-,19-,21?/m1/s1. The van der Waals surface area contributed by atoms with Crippen molar-refractivity contribution in [2.75, 3.05) is 6.61 Å². The molecule has 2 N–H and O–H groups in total. The molecule has 6 heteroatoms. The van der Waals surface area contributed by atoms with Crippen LogP contribution in [0.3, 0.4) is 0 Å². The number of aliphatic hydroxyl groups is 2. The predicted molar refractivity (Wildman–Crippen MR) is 104 cm³/mol. The van der Waals surface area contributed by atoms with Crippen molar-refractivity contribution in [1.29, 1.82) is 0 Å². The SMILES string of the molecule is C=C/C(=C\C=C/C)COC(=O)/C=C/CC[C@@H](C)OC1O[C@@H](C)[C@H](O)C[C@H]1O. The second kappa shape index (κ2) is 12.6. The van der Waals surface area contributed by atoms with Crippen molar-refractivity contribution in [3.63, 3.8) is 0 Å². The summed E-state index contributed by atoms with van der Waals surface area (Å²) < 4.78 is 16.3. The molecule has 152 valence electrons. The Bertz CT molecular complexity index is 551. The van der Waals surface area contributed by atoms with Gasteiger partial charge in [-0.2, -0.15) is 0 Å². The number of hydrogen-bond donors (Lipinski definition) is 2. The highest BCUT2D eigenvalue weighted by molar-refractivity contribution is 5.82. The number of hydrogen-bond acceptors (Lipinski definition) is 6. The fourth-order valence-electron chi connectivity index (χ4n) is 2.47. The molecule has 0 saturated carbocycles.